The highest BCUT2D eigenvalue weighted by molar-refractivity contribution is 7.98. The number of hydrogen-bond donors (Lipinski definition) is 1. The van der Waals surface area contributed by atoms with Gasteiger partial charge < -0.3 is 10.2 Å². The summed E-state index contributed by atoms with van der Waals surface area (Å²) in [6.07, 6.45) is 2.46. The van der Waals surface area contributed by atoms with Crippen molar-refractivity contribution in [2.45, 2.75) is 37.2 Å². The Balaban J connectivity index is 1.39. The fraction of sp³-hybridized carbons (Fsp3) is 0.320. The van der Waals surface area contributed by atoms with Gasteiger partial charge in [-0.25, -0.2) is 9.97 Å². The zero-order valence-corrected chi connectivity index (χ0v) is 18.9. The molecule has 1 heterocycles. The summed E-state index contributed by atoms with van der Waals surface area (Å²) in [6.45, 7) is 3.57. The smallest absolute Gasteiger partial charge is 0.251 e. The molecule has 3 aromatic rings. The van der Waals surface area contributed by atoms with Crippen LogP contribution in [0.2, 0.25) is 0 Å². The Morgan fingerprint density at radius 3 is 2.61 bits per heavy atom. The molecule has 0 saturated heterocycles. The zero-order chi connectivity index (χ0) is 21.6. The van der Waals surface area contributed by atoms with E-state index in [1.165, 1.54) is 18.4 Å². The lowest BCUT2D eigenvalue weighted by atomic mass is 10.1. The van der Waals surface area contributed by atoms with Crippen molar-refractivity contribution in [3.8, 4) is 0 Å². The van der Waals surface area contributed by atoms with E-state index in [-0.39, 0.29) is 5.91 Å². The molecule has 2 aromatic carbocycles. The summed E-state index contributed by atoms with van der Waals surface area (Å²) >= 11 is 1.59. The Kier molecular flexibility index (Phi) is 6.87. The highest BCUT2D eigenvalue weighted by Crippen LogP contribution is 2.28. The normalized spacial score (nSPS) is 13.1. The van der Waals surface area contributed by atoms with Gasteiger partial charge in [-0.3, -0.25) is 4.79 Å². The maximum atomic E-state index is 12.4. The van der Waals surface area contributed by atoms with Crippen LogP contribution in [0.25, 0.3) is 0 Å². The molecule has 0 aliphatic heterocycles. The third-order valence-electron chi connectivity index (χ3n) is 5.28. The minimum Gasteiger partial charge on any atom is -0.355 e. The van der Waals surface area contributed by atoms with Crippen LogP contribution in [0.5, 0.6) is 0 Å². The van der Waals surface area contributed by atoms with Crippen molar-refractivity contribution in [1.82, 2.24) is 15.3 Å². The highest BCUT2D eigenvalue weighted by atomic mass is 32.2. The first-order valence-corrected chi connectivity index (χ1v) is 11.7. The second kappa shape index (κ2) is 9.96. The maximum absolute atomic E-state index is 12.4. The second-order valence-electron chi connectivity index (χ2n) is 8.13. The molecule has 0 spiro atoms. The van der Waals surface area contributed by atoms with Crippen LogP contribution in [0, 0.1) is 12.8 Å². The number of nitrogens with zero attached hydrogens (tertiary/aromatic N) is 3. The average Bonchev–Trinajstić information content (AvgIpc) is 3.61. The minimum absolute atomic E-state index is 0.00961. The Bertz CT molecular complexity index is 1040. The number of amides is 1. The van der Waals surface area contributed by atoms with Crippen LogP contribution in [0.4, 0.5) is 5.82 Å². The van der Waals surface area contributed by atoms with E-state index < -0.39 is 0 Å². The molecule has 1 saturated carbocycles. The number of aromatic nitrogens is 2. The molecule has 1 amide bonds. The van der Waals surface area contributed by atoms with Gasteiger partial charge in [-0.15, -0.1) is 0 Å². The summed E-state index contributed by atoms with van der Waals surface area (Å²) in [5.41, 5.74) is 3.99. The minimum atomic E-state index is 0.00961. The van der Waals surface area contributed by atoms with Gasteiger partial charge in [-0.1, -0.05) is 54.2 Å². The van der Waals surface area contributed by atoms with Crippen LogP contribution in [0.15, 0.2) is 65.8 Å². The van der Waals surface area contributed by atoms with Crippen LogP contribution < -0.4 is 10.2 Å². The van der Waals surface area contributed by atoms with E-state index in [0.29, 0.717) is 11.5 Å². The van der Waals surface area contributed by atoms with E-state index >= 15 is 0 Å². The topological polar surface area (TPSA) is 58.1 Å². The van der Waals surface area contributed by atoms with Crippen molar-refractivity contribution in [3.63, 3.8) is 0 Å². The van der Waals surface area contributed by atoms with Gasteiger partial charge in [0.05, 0.1) is 0 Å². The van der Waals surface area contributed by atoms with Gasteiger partial charge in [-0.05, 0) is 48.9 Å². The monoisotopic (exact) mass is 432 g/mol. The molecular weight excluding hydrogens is 404 g/mol. The summed E-state index contributed by atoms with van der Waals surface area (Å²) in [4.78, 5) is 23.9. The van der Waals surface area contributed by atoms with E-state index in [2.05, 4.69) is 39.5 Å². The van der Waals surface area contributed by atoms with Crippen molar-refractivity contribution in [2.24, 2.45) is 5.92 Å². The van der Waals surface area contributed by atoms with E-state index in [0.717, 1.165) is 41.1 Å². The van der Waals surface area contributed by atoms with Crippen molar-refractivity contribution in [3.05, 3.63) is 83.0 Å². The molecule has 0 radical (unpaired) electrons. The average molecular weight is 433 g/mol. The fourth-order valence-corrected chi connectivity index (χ4v) is 4.18. The largest absolute Gasteiger partial charge is 0.355 e. The van der Waals surface area contributed by atoms with Gasteiger partial charge in [0.25, 0.3) is 5.91 Å². The first-order chi connectivity index (χ1) is 15.1. The zero-order valence-electron chi connectivity index (χ0n) is 18.0. The standard InChI is InChI=1S/C25H28N4OS/c1-18-13-23(29(2)16-20-7-4-3-5-8-20)28-25(27-18)31-17-21-9-6-10-22(14-21)24(30)26-15-19-11-12-19/h3-10,13-14,19H,11-12,15-17H2,1-2H3,(H,26,30). The van der Waals surface area contributed by atoms with E-state index in [1.807, 2.05) is 50.4 Å². The molecule has 0 atom stereocenters. The Morgan fingerprint density at radius 1 is 1.06 bits per heavy atom. The van der Waals surface area contributed by atoms with E-state index in [9.17, 15) is 4.79 Å². The van der Waals surface area contributed by atoms with Crippen LogP contribution in [0.3, 0.4) is 0 Å². The summed E-state index contributed by atoms with van der Waals surface area (Å²) < 4.78 is 0. The lowest BCUT2D eigenvalue weighted by Crippen LogP contribution is -2.25. The molecule has 4 rings (SSSR count). The Hall–Kier alpha value is -2.86. The van der Waals surface area contributed by atoms with Gasteiger partial charge in [0.1, 0.15) is 5.82 Å². The number of hydrogen-bond acceptors (Lipinski definition) is 5. The molecule has 0 unspecified atom stereocenters. The third kappa shape index (κ3) is 6.31. The number of benzene rings is 2. The molecule has 31 heavy (non-hydrogen) atoms. The molecule has 1 aliphatic carbocycles. The molecule has 1 aliphatic rings. The summed E-state index contributed by atoms with van der Waals surface area (Å²) in [5, 5.41) is 3.78. The third-order valence-corrected chi connectivity index (χ3v) is 6.20. The number of anilines is 1. The molecule has 6 heteroatoms. The van der Waals surface area contributed by atoms with Gasteiger partial charge in [0.2, 0.25) is 0 Å². The number of nitrogens with one attached hydrogen (secondary N) is 1. The predicted molar refractivity (Wildman–Crippen MR) is 126 cm³/mol. The SMILES string of the molecule is Cc1cc(N(C)Cc2ccccc2)nc(SCc2cccc(C(=O)NCC3CC3)c2)n1. The summed E-state index contributed by atoms with van der Waals surface area (Å²) in [7, 11) is 2.05. The van der Waals surface area contributed by atoms with Crippen molar-refractivity contribution < 1.29 is 4.79 Å². The number of thioether (sulfide) groups is 1. The molecule has 160 valence electrons. The van der Waals surface area contributed by atoms with E-state index in [4.69, 9.17) is 4.98 Å². The quantitative estimate of drug-likeness (QED) is 0.387. The number of carbonyl (C=O) groups excluding carboxylic acids is 1. The first kappa shape index (κ1) is 21.4. The van der Waals surface area contributed by atoms with Crippen molar-refractivity contribution in [1.29, 1.82) is 0 Å². The molecule has 0 bridgehead atoms. The number of aryl methyl sites for hydroxylation is 1. The summed E-state index contributed by atoms with van der Waals surface area (Å²) in [6, 6.07) is 20.2. The fourth-order valence-electron chi connectivity index (χ4n) is 3.33. The Labute approximate surface area is 188 Å². The van der Waals surface area contributed by atoms with Gasteiger partial charge in [0.15, 0.2) is 5.16 Å². The number of rotatable bonds is 9. The van der Waals surface area contributed by atoms with Gasteiger partial charge >= 0.3 is 0 Å². The molecule has 1 aromatic heterocycles. The van der Waals surface area contributed by atoms with Crippen LogP contribution >= 0.6 is 11.8 Å². The lowest BCUT2D eigenvalue weighted by molar-refractivity contribution is 0.0951. The predicted octanol–water partition coefficient (Wildman–Crippen LogP) is 4.85. The highest BCUT2D eigenvalue weighted by Gasteiger charge is 2.21. The number of carbonyl (C=O) groups is 1. The molecule has 1 fully saturated rings. The van der Waals surface area contributed by atoms with Gasteiger partial charge in [0, 0.05) is 43.2 Å². The molecule has 5 nitrogen and oxygen atoms in total. The summed E-state index contributed by atoms with van der Waals surface area (Å²) in [5.74, 6) is 2.31. The maximum Gasteiger partial charge on any atom is 0.251 e. The van der Waals surface area contributed by atoms with Crippen LogP contribution in [-0.2, 0) is 12.3 Å². The van der Waals surface area contributed by atoms with Crippen LogP contribution in [0.1, 0.15) is 40.0 Å². The van der Waals surface area contributed by atoms with Crippen molar-refractivity contribution >= 4 is 23.5 Å². The molecular formula is C25H28N4OS. The second-order valence-corrected chi connectivity index (χ2v) is 9.08. The van der Waals surface area contributed by atoms with Gasteiger partial charge in [-0.2, -0.15) is 0 Å². The van der Waals surface area contributed by atoms with Crippen molar-refractivity contribution in [2.75, 3.05) is 18.5 Å². The first-order valence-electron chi connectivity index (χ1n) is 10.7. The lowest BCUT2D eigenvalue weighted by Gasteiger charge is -2.19. The van der Waals surface area contributed by atoms with E-state index in [1.54, 1.807) is 11.8 Å². The Morgan fingerprint density at radius 2 is 1.84 bits per heavy atom. The van der Waals surface area contributed by atoms with Crippen LogP contribution in [-0.4, -0.2) is 29.5 Å². The molecule has 1 N–H and O–H groups in total.